The van der Waals surface area contributed by atoms with Crippen LogP contribution in [0.1, 0.15) is 20.0 Å². The largest absolute Gasteiger partial charge is 0.465 e. The third kappa shape index (κ3) is 6.40. The second-order valence-electron chi connectivity index (χ2n) is 6.32. The van der Waals surface area contributed by atoms with Crippen LogP contribution in [0.5, 0.6) is 0 Å². The van der Waals surface area contributed by atoms with Gasteiger partial charge in [0.1, 0.15) is 10.4 Å². The molecule has 0 N–H and O–H groups in total. The Morgan fingerprint density at radius 2 is 1.37 bits per heavy atom. The van der Waals surface area contributed by atoms with Crippen LogP contribution in [0.25, 0.3) is 22.7 Å². The van der Waals surface area contributed by atoms with Crippen LogP contribution in [-0.2, 0) is 9.47 Å². The van der Waals surface area contributed by atoms with Gasteiger partial charge in [-0.25, -0.2) is 14.4 Å². The molecule has 2 heterocycles. The minimum Gasteiger partial charge on any atom is -0.465 e. The Morgan fingerprint density at radius 3 is 1.89 bits per heavy atom. The predicted octanol–water partition coefficient (Wildman–Crippen LogP) is 6.76. The molecule has 4 rings (SSSR count). The topological polar surface area (TPSA) is 109 Å². The number of hydrogen-bond donors (Lipinski definition) is 0. The van der Waals surface area contributed by atoms with E-state index in [-0.39, 0.29) is 16.3 Å². The molecule has 35 heavy (non-hydrogen) atoms. The smallest absolute Gasteiger partial charge is 0.414 e. The average Bonchev–Trinajstić information content (AvgIpc) is 3.49. The maximum absolute atomic E-state index is 11.9. The normalized spacial score (nSPS) is 10.3. The zero-order valence-corrected chi connectivity index (χ0v) is 22.3. The number of esters is 2. The molecule has 0 unspecified atom stereocenters. The summed E-state index contributed by atoms with van der Waals surface area (Å²) in [6, 6.07) is 9.70. The van der Waals surface area contributed by atoms with Gasteiger partial charge >= 0.3 is 16.9 Å². The van der Waals surface area contributed by atoms with E-state index in [2.05, 4.69) is 13.5 Å². The number of nitrogens with zero attached hydrogens (tertiary/aromatic N) is 2. The van der Waals surface area contributed by atoms with Crippen molar-refractivity contribution >= 4 is 81.4 Å². The first-order chi connectivity index (χ1) is 16.7. The summed E-state index contributed by atoms with van der Waals surface area (Å²) in [6.45, 7) is 0. The van der Waals surface area contributed by atoms with Gasteiger partial charge in [-0.1, -0.05) is 52.5 Å². The van der Waals surface area contributed by atoms with E-state index in [0.717, 1.165) is 23.1 Å². The maximum Gasteiger partial charge on any atom is 0.414 e. The fourth-order valence-electron chi connectivity index (χ4n) is 2.59. The Labute approximate surface area is 226 Å². The van der Waals surface area contributed by atoms with Gasteiger partial charge in [-0.15, -0.1) is 4.37 Å². The van der Waals surface area contributed by atoms with Crippen molar-refractivity contribution in [2.75, 3.05) is 14.2 Å². The first kappa shape index (κ1) is 27.1. The minimum atomic E-state index is -0.676. The molecule has 2 aromatic carbocycles. The summed E-state index contributed by atoms with van der Waals surface area (Å²) < 4.78 is 22.1. The molecule has 182 valence electrons. The standard InChI is InChI=1S/C13H9Cl2NO4S.C8H3Cl2NO2S/c1-19-12(17)9-10(16-21-11(9)13(18)20-2)6-3-4-7(14)8(15)5-6;9-5-2-1-4(3-6(5)10)7-11-14-8(12)13-7/h3-5H,1-2H3;1-3H. The van der Waals surface area contributed by atoms with Crippen LogP contribution in [0, 0.1) is 0 Å². The van der Waals surface area contributed by atoms with Gasteiger partial charge in [0.15, 0.2) is 0 Å². The number of carbonyl (C=O) groups excluding carboxylic acids is 2. The summed E-state index contributed by atoms with van der Waals surface area (Å²) in [7, 11) is 2.45. The molecule has 0 aliphatic rings. The quantitative estimate of drug-likeness (QED) is 0.239. The first-order valence-corrected chi connectivity index (χ1v) is 12.3. The van der Waals surface area contributed by atoms with Crippen LogP contribution in [0.4, 0.5) is 0 Å². The lowest BCUT2D eigenvalue weighted by molar-refractivity contribution is 0.0560. The molecule has 0 bridgehead atoms. The van der Waals surface area contributed by atoms with Gasteiger partial charge < -0.3 is 13.9 Å². The number of hydrogen-bond acceptors (Lipinski definition) is 10. The zero-order valence-electron chi connectivity index (χ0n) is 17.6. The zero-order chi connectivity index (χ0) is 25.7. The van der Waals surface area contributed by atoms with E-state index in [4.69, 9.17) is 55.6 Å². The molecule has 0 aliphatic heterocycles. The highest BCUT2D eigenvalue weighted by atomic mass is 35.5. The molecule has 0 saturated carbocycles. The predicted molar refractivity (Wildman–Crippen MR) is 136 cm³/mol. The maximum atomic E-state index is 11.9. The fourth-order valence-corrected chi connectivity index (χ4v) is 4.41. The second-order valence-corrected chi connectivity index (χ2v) is 9.42. The molecular formula is C21H12Cl4N2O6S2. The van der Waals surface area contributed by atoms with E-state index in [0.29, 0.717) is 36.9 Å². The van der Waals surface area contributed by atoms with Crippen LogP contribution in [0.3, 0.4) is 0 Å². The molecule has 2 aromatic heterocycles. The number of methoxy groups -OCH3 is 2. The monoisotopic (exact) mass is 592 g/mol. The minimum absolute atomic E-state index is 0.0488. The van der Waals surface area contributed by atoms with Gasteiger partial charge in [0.25, 0.3) is 0 Å². The molecule has 0 saturated heterocycles. The van der Waals surface area contributed by atoms with E-state index in [1.165, 1.54) is 14.2 Å². The molecule has 0 spiro atoms. The van der Waals surface area contributed by atoms with Crippen molar-refractivity contribution in [2.45, 2.75) is 0 Å². The highest BCUT2D eigenvalue weighted by molar-refractivity contribution is 7.08. The molecule has 8 nitrogen and oxygen atoms in total. The van der Waals surface area contributed by atoms with Gasteiger partial charge in [-0.2, -0.15) is 4.37 Å². The van der Waals surface area contributed by atoms with Gasteiger partial charge in [0.05, 0.1) is 51.5 Å². The summed E-state index contributed by atoms with van der Waals surface area (Å²) in [5, 5.41) is 1.55. The lowest BCUT2D eigenvalue weighted by Gasteiger charge is -2.04. The van der Waals surface area contributed by atoms with Crippen molar-refractivity contribution in [3.8, 4) is 22.7 Å². The Morgan fingerprint density at radius 1 is 0.800 bits per heavy atom. The average molecular weight is 594 g/mol. The highest BCUT2D eigenvalue weighted by Gasteiger charge is 2.27. The van der Waals surface area contributed by atoms with Crippen molar-refractivity contribution in [1.82, 2.24) is 8.75 Å². The van der Waals surface area contributed by atoms with Crippen molar-refractivity contribution in [3.63, 3.8) is 0 Å². The van der Waals surface area contributed by atoms with Crippen molar-refractivity contribution in [1.29, 1.82) is 0 Å². The van der Waals surface area contributed by atoms with E-state index in [1.54, 1.807) is 36.4 Å². The Balaban J connectivity index is 0.000000211. The Hall–Kier alpha value is -2.47. The number of aromatic nitrogens is 2. The Bertz CT molecular complexity index is 1450. The number of carbonyl (C=O) groups is 2. The van der Waals surface area contributed by atoms with Crippen molar-refractivity contribution in [2.24, 2.45) is 0 Å². The molecule has 0 fully saturated rings. The molecule has 4 aromatic rings. The summed E-state index contributed by atoms with van der Waals surface area (Å²) in [4.78, 5) is 34.0. The molecule has 14 heteroatoms. The van der Waals surface area contributed by atoms with Crippen LogP contribution in [-0.4, -0.2) is 34.9 Å². The molecule has 0 amide bonds. The summed E-state index contributed by atoms with van der Waals surface area (Å²) in [6.07, 6.45) is 0. The summed E-state index contributed by atoms with van der Waals surface area (Å²) in [5.41, 5.74) is 1.53. The van der Waals surface area contributed by atoms with E-state index in [1.807, 2.05) is 0 Å². The number of halogens is 4. The van der Waals surface area contributed by atoms with Crippen LogP contribution in [0.15, 0.2) is 45.6 Å². The number of ether oxygens (including phenoxy) is 2. The first-order valence-electron chi connectivity index (χ1n) is 9.20. The van der Waals surface area contributed by atoms with E-state index in [9.17, 15) is 14.4 Å². The number of benzene rings is 2. The highest BCUT2D eigenvalue weighted by Crippen LogP contribution is 2.33. The van der Waals surface area contributed by atoms with Crippen LogP contribution < -0.4 is 4.94 Å². The van der Waals surface area contributed by atoms with Crippen LogP contribution in [0.2, 0.25) is 20.1 Å². The molecule has 0 radical (unpaired) electrons. The van der Waals surface area contributed by atoms with Crippen molar-refractivity contribution < 1.29 is 23.5 Å². The fraction of sp³-hybridized carbons (Fsp3) is 0.0952. The van der Waals surface area contributed by atoms with Gasteiger partial charge in [0.2, 0.25) is 5.89 Å². The third-order valence-corrected chi connectivity index (χ3v) is 6.99. The van der Waals surface area contributed by atoms with Gasteiger partial charge in [-0.05, 0) is 41.9 Å². The molecule has 0 atom stereocenters. The summed E-state index contributed by atoms with van der Waals surface area (Å²) in [5.74, 6) is -1.07. The molecule has 0 aliphatic carbocycles. The molecular weight excluding hydrogens is 582 g/mol. The lowest BCUT2D eigenvalue weighted by atomic mass is 10.1. The van der Waals surface area contributed by atoms with Crippen molar-refractivity contribution in [3.05, 3.63) is 76.7 Å². The van der Waals surface area contributed by atoms with Crippen LogP contribution >= 0.6 is 69.5 Å². The van der Waals surface area contributed by atoms with E-state index >= 15 is 0 Å². The van der Waals surface area contributed by atoms with Gasteiger partial charge in [0, 0.05) is 11.1 Å². The lowest BCUT2D eigenvalue weighted by Crippen LogP contribution is -2.09. The Kier molecular flexibility index (Phi) is 9.28. The van der Waals surface area contributed by atoms with Gasteiger partial charge in [-0.3, -0.25) is 0 Å². The number of rotatable bonds is 4. The second kappa shape index (κ2) is 12.0. The third-order valence-electron chi connectivity index (χ3n) is 4.20. The SMILES string of the molecule is COC(=O)c1snc(-c2ccc(Cl)c(Cl)c2)c1C(=O)OC.O=c1oc(-c2ccc(Cl)c(Cl)c2)ns1. The summed E-state index contributed by atoms with van der Waals surface area (Å²) >= 11 is 25.0. The van der Waals surface area contributed by atoms with E-state index < -0.39 is 16.9 Å².